The molecule has 1 atom stereocenters. The fourth-order valence-corrected chi connectivity index (χ4v) is 2.60. The van der Waals surface area contributed by atoms with E-state index in [4.69, 9.17) is 15.2 Å². The average molecular weight is 428 g/mol. The van der Waals surface area contributed by atoms with Crippen LogP contribution in [0, 0.1) is 0 Å². The quantitative estimate of drug-likeness (QED) is 0.618. The topological polar surface area (TPSA) is 62.3 Å². The number of hydrogen-bond acceptors (Lipinski definition) is 4. The van der Waals surface area contributed by atoms with Gasteiger partial charge in [-0.3, -0.25) is 0 Å². The van der Waals surface area contributed by atoms with Crippen molar-refractivity contribution in [2.24, 2.45) is 5.73 Å². The van der Waals surface area contributed by atoms with Crippen LogP contribution in [0.2, 0.25) is 0 Å². The zero-order valence-electron chi connectivity index (χ0n) is 15.8. The highest BCUT2D eigenvalue weighted by atomic mass is 35.5. The van der Waals surface area contributed by atoms with Crippen LogP contribution in [0.1, 0.15) is 12.6 Å². The van der Waals surface area contributed by atoms with E-state index in [-0.39, 0.29) is 18.4 Å². The van der Waals surface area contributed by atoms with Crippen LogP contribution in [0.15, 0.2) is 54.6 Å². The van der Waals surface area contributed by atoms with Crippen LogP contribution >= 0.6 is 12.4 Å². The molecule has 3 aromatic rings. The van der Waals surface area contributed by atoms with Crippen molar-refractivity contribution < 1.29 is 22.6 Å². The minimum Gasteiger partial charge on any atom is -0.497 e. The van der Waals surface area contributed by atoms with Crippen LogP contribution < -0.4 is 15.2 Å². The van der Waals surface area contributed by atoms with E-state index in [0.717, 1.165) is 6.07 Å². The lowest BCUT2D eigenvalue weighted by atomic mass is 10.1. The summed E-state index contributed by atoms with van der Waals surface area (Å²) < 4.78 is 51.6. The van der Waals surface area contributed by atoms with Gasteiger partial charge in [0.15, 0.2) is 5.69 Å². The number of halogens is 4. The number of methoxy groups -OCH3 is 1. The molecule has 0 radical (unpaired) electrons. The molecular weight excluding hydrogens is 407 g/mol. The number of benzene rings is 2. The third-order valence-electron chi connectivity index (χ3n) is 3.98. The largest absolute Gasteiger partial charge is 0.497 e. The van der Waals surface area contributed by atoms with E-state index in [2.05, 4.69) is 5.10 Å². The highest BCUT2D eigenvalue weighted by Crippen LogP contribution is 2.34. The van der Waals surface area contributed by atoms with Crippen molar-refractivity contribution in [1.29, 1.82) is 0 Å². The van der Waals surface area contributed by atoms with E-state index in [1.165, 1.54) is 11.8 Å². The molecule has 1 heterocycles. The van der Waals surface area contributed by atoms with Crippen molar-refractivity contribution in [1.82, 2.24) is 9.78 Å². The van der Waals surface area contributed by atoms with E-state index < -0.39 is 11.9 Å². The summed E-state index contributed by atoms with van der Waals surface area (Å²) in [5.74, 6) is 1.19. The number of hydrogen-bond donors (Lipinski definition) is 1. The van der Waals surface area contributed by atoms with Crippen molar-refractivity contribution in [3.05, 3.63) is 60.3 Å². The van der Waals surface area contributed by atoms with Gasteiger partial charge in [-0.15, -0.1) is 12.4 Å². The summed E-state index contributed by atoms with van der Waals surface area (Å²) in [6.45, 7) is 2.17. The molecule has 0 fully saturated rings. The average Bonchev–Trinajstić information content (AvgIpc) is 3.13. The molecule has 1 aromatic heterocycles. The molecule has 0 unspecified atom stereocenters. The molecule has 0 saturated carbocycles. The zero-order chi connectivity index (χ0) is 20.3. The molecule has 9 heteroatoms. The number of aromatic nitrogens is 2. The molecule has 0 amide bonds. The Kier molecular flexibility index (Phi) is 7.16. The third kappa shape index (κ3) is 5.42. The van der Waals surface area contributed by atoms with Crippen LogP contribution in [0.25, 0.3) is 16.9 Å². The van der Waals surface area contributed by atoms with E-state index in [1.807, 2.05) is 6.92 Å². The maximum absolute atomic E-state index is 13.2. The first-order valence-corrected chi connectivity index (χ1v) is 8.58. The van der Waals surface area contributed by atoms with Crippen molar-refractivity contribution in [3.8, 4) is 28.4 Å². The van der Waals surface area contributed by atoms with Gasteiger partial charge in [0.2, 0.25) is 0 Å². The van der Waals surface area contributed by atoms with Gasteiger partial charge in [0, 0.05) is 11.6 Å². The van der Waals surface area contributed by atoms with Crippen molar-refractivity contribution in [2.45, 2.75) is 19.1 Å². The lowest BCUT2D eigenvalue weighted by Gasteiger charge is -2.11. The van der Waals surface area contributed by atoms with Crippen LogP contribution in [-0.4, -0.2) is 29.5 Å². The normalized spacial score (nSPS) is 12.2. The molecule has 2 aromatic carbocycles. The zero-order valence-corrected chi connectivity index (χ0v) is 16.6. The number of nitrogens with two attached hydrogens (primary N) is 1. The molecule has 0 saturated heterocycles. The van der Waals surface area contributed by atoms with Crippen molar-refractivity contribution >= 4 is 12.4 Å². The first-order valence-electron chi connectivity index (χ1n) is 8.58. The smallest absolute Gasteiger partial charge is 0.435 e. The summed E-state index contributed by atoms with van der Waals surface area (Å²) in [7, 11) is 1.52. The Hall–Kier alpha value is -2.71. The highest BCUT2D eigenvalue weighted by molar-refractivity contribution is 5.85. The summed E-state index contributed by atoms with van der Waals surface area (Å²) in [4.78, 5) is 0. The molecule has 5 nitrogen and oxygen atoms in total. The monoisotopic (exact) mass is 427 g/mol. The second kappa shape index (κ2) is 9.19. The summed E-state index contributed by atoms with van der Waals surface area (Å²) >= 11 is 0. The Labute approximate surface area is 172 Å². The summed E-state index contributed by atoms with van der Waals surface area (Å²) in [6, 6.07) is 14.3. The highest BCUT2D eigenvalue weighted by Gasteiger charge is 2.35. The van der Waals surface area contributed by atoms with Gasteiger partial charge in [0.25, 0.3) is 0 Å². The third-order valence-corrected chi connectivity index (χ3v) is 3.98. The molecule has 3 rings (SSSR count). The second-order valence-electron chi connectivity index (χ2n) is 6.34. The van der Waals surface area contributed by atoms with Crippen LogP contribution in [0.5, 0.6) is 11.5 Å². The van der Waals surface area contributed by atoms with Crippen LogP contribution in [0.4, 0.5) is 13.2 Å². The molecule has 156 valence electrons. The number of nitrogens with zero attached hydrogens (tertiary/aromatic N) is 2. The predicted octanol–water partition coefficient (Wildman–Crippen LogP) is 4.71. The SMILES string of the molecule is COc1ccc(-n2nc(C(F)(F)F)cc2-c2ccc(OC[C@H](C)N)cc2)cc1.Cl. The Morgan fingerprint density at radius 3 is 2.14 bits per heavy atom. The van der Waals surface area contributed by atoms with Gasteiger partial charge < -0.3 is 15.2 Å². The minimum absolute atomic E-state index is 0. The fourth-order valence-electron chi connectivity index (χ4n) is 2.60. The molecule has 0 aliphatic carbocycles. The van der Waals surface area contributed by atoms with Gasteiger partial charge in [-0.2, -0.15) is 18.3 Å². The maximum atomic E-state index is 13.2. The minimum atomic E-state index is -4.55. The summed E-state index contributed by atoms with van der Waals surface area (Å²) in [5.41, 5.74) is 6.08. The maximum Gasteiger partial charge on any atom is 0.435 e. The van der Waals surface area contributed by atoms with Gasteiger partial charge >= 0.3 is 6.18 Å². The van der Waals surface area contributed by atoms with Crippen LogP contribution in [-0.2, 0) is 6.18 Å². The Morgan fingerprint density at radius 1 is 1.03 bits per heavy atom. The molecule has 2 N–H and O–H groups in total. The molecular formula is C20H21ClF3N3O2. The summed E-state index contributed by atoms with van der Waals surface area (Å²) in [5, 5.41) is 3.77. The van der Waals surface area contributed by atoms with Crippen molar-refractivity contribution in [2.75, 3.05) is 13.7 Å². The van der Waals surface area contributed by atoms with Gasteiger partial charge in [-0.25, -0.2) is 4.68 Å². The van der Waals surface area contributed by atoms with Gasteiger partial charge in [-0.05, 0) is 61.5 Å². The number of alkyl halides is 3. The molecule has 0 aliphatic rings. The Balaban J connectivity index is 0.00000300. The van der Waals surface area contributed by atoms with E-state index in [9.17, 15) is 13.2 Å². The first-order chi connectivity index (χ1) is 13.3. The predicted molar refractivity (Wildman–Crippen MR) is 107 cm³/mol. The van der Waals surface area contributed by atoms with E-state index >= 15 is 0 Å². The number of ether oxygens (including phenoxy) is 2. The first kappa shape index (κ1) is 22.6. The standard InChI is InChI=1S/C20H20F3N3O2.ClH/c1-13(24)12-28-17-7-3-14(4-8-17)18-11-19(20(21,22)23)25-26(18)15-5-9-16(27-2)10-6-15;/h3-11,13H,12,24H2,1-2H3;1H/t13-;/m0./s1. The van der Waals surface area contributed by atoms with Crippen molar-refractivity contribution in [3.63, 3.8) is 0 Å². The number of rotatable bonds is 6. The van der Waals surface area contributed by atoms with E-state index in [0.29, 0.717) is 35.1 Å². The van der Waals surface area contributed by atoms with Gasteiger partial charge in [0.05, 0.1) is 18.5 Å². The Morgan fingerprint density at radius 2 is 1.62 bits per heavy atom. The lowest BCUT2D eigenvalue weighted by molar-refractivity contribution is -0.141. The molecule has 0 bridgehead atoms. The molecule has 0 aliphatic heterocycles. The van der Waals surface area contributed by atoms with Gasteiger partial charge in [0.1, 0.15) is 18.1 Å². The summed E-state index contributed by atoms with van der Waals surface area (Å²) in [6.07, 6.45) is -4.55. The molecule has 29 heavy (non-hydrogen) atoms. The fraction of sp³-hybridized carbons (Fsp3) is 0.250. The lowest BCUT2D eigenvalue weighted by Crippen LogP contribution is -2.23. The van der Waals surface area contributed by atoms with E-state index in [1.54, 1.807) is 48.5 Å². The Bertz CT molecular complexity index is 924. The van der Waals surface area contributed by atoms with Crippen LogP contribution in [0.3, 0.4) is 0 Å². The molecule has 0 spiro atoms. The van der Waals surface area contributed by atoms with Gasteiger partial charge in [-0.1, -0.05) is 0 Å². The second-order valence-corrected chi connectivity index (χ2v) is 6.34.